The van der Waals surface area contributed by atoms with Crippen molar-refractivity contribution in [3.05, 3.63) is 53.3 Å². The number of aromatic nitrogens is 5. The van der Waals surface area contributed by atoms with Gasteiger partial charge in [-0.25, -0.2) is 9.97 Å². The molecule has 0 unspecified atom stereocenters. The molecule has 0 saturated heterocycles. The molecule has 2 N–H and O–H groups in total. The molecule has 0 aliphatic rings. The number of carbonyl (C=O) groups is 1. The number of aromatic amines is 1. The van der Waals surface area contributed by atoms with Crippen molar-refractivity contribution in [1.82, 2.24) is 25.4 Å². The van der Waals surface area contributed by atoms with Crippen molar-refractivity contribution in [2.75, 3.05) is 5.32 Å². The minimum absolute atomic E-state index is 0.229. The Morgan fingerprint density at radius 2 is 1.75 bits per heavy atom. The van der Waals surface area contributed by atoms with Crippen LogP contribution >= 0.6 is 0 Å². The molecule has 0 aliphatic carbocycles. The van der Waals surface area contributed by atoms with Crippen LogP contribution in [0.5, 0.6) is 0 Å². The van der Waals surface area contributed by atoms with Crippen molar-refractivity contribution in [3.8, 4) is 0 Å². The van der Waals surface area contributed by atoms with E-state index in [0.717, 1.165) is 16.9 Å². The van der Waals surface area contributed by atoms with Gasteiger partial charge in [-0.1, -0.05) is 6.07 Å². The van der Waals surface area contributed by atoms with Crippen molar-refractivity contribution in [2.24, 2.45) is 0 Å². The Labute approximate surface area is 137 Å². The lowest BCUT2D eigenvalue weighted by Crippen LogP contribution is -2.12. The standard InChI is InChI=1S/C17H14N6O/c1-9-10(2)19-15-8-11(6-7-12(15)18-9)17(24)20-13-4-3-5-14-16(13)22-23-21-14/h3-8H,1-2H3,(H,20,24)(H,21,22,23). The Morgan fingerprint density at radius 1 is 0.958 bits per heavy atom. The van der Waals surface area contributed by atoms with Gasteiger partial charge in [0.1, 0.15) is 11.0 Å². The quantitative estimate of drug-likeness (QED) is 0.592. The van der Waals surface area contributed by atoms with Gasteiger partial charge in [-0.3, -0.25) is 4.79 Å². The summed E-state index contributed by atoms with van der Waals surface area (Å²) in [6, 6.07) is 10.7. The lowest BCUT2D eigenvalue weighted by Gasteiger charge is -2.07. The van der Waals surface area contributed by atoms with E-state index in [-0.39, 0.29) is 5.91 Å². The topological polar surface area (TPSA) is 96.5 Å². The molecule has 7 heteroatoms. The largest absolute Gasteiger partial charge is 0.320 e. The monoisotopic (exact) mass is 318 g/mol. The van der Waals surface area contributed by atoms with E-state index in [1.165, 1.54) is 0 Å². The molecule has 0 spiro atoms. The minimum Gasteiger partial charge on any atom is -0.320 e. The van der Waals surface area contributed by atoms with Gasteiger partial charge in [-0.05, 0) is 44.2 Å². The first-order chi connectivity index (χ1) is 11.6. The van der Waals surface area contributed by atoms with Crippen LogP contribution in [0.15, 0.2) is 36.4 Å². The fourth-order valence-corrected chi connectivity index (χ4v) is 2.54. The molecule has 2 aromatic carbocycles. The van der Waals surface area contributed by atoms with E-state index in [0.29, 0.717) is 27.8 Å². The van der Waals surface area contributed by atoms with Crippen LogP contribution < -0.4 is 5.32 Å². The number of carbonyl (C=O) groups excluding carboxylic acids is 1. The van der Waals surface area contributed by atoms with Gasteiger partial charge >= 0.3 is 0 Å². The molecule has 0 aliphatic heterocycles. The van der Waals surface area contributed by atoms with Crippen molar-refractivity contribution in [3.63, 3.8) is 0 Å². The number of nitrogens with zero attached hydrogens (tertiary/aromatic N) is 4. The second-order valence-corrected chi connectivity index (χ2v) is 5.55. The zero-order valence-corrected chi connectivity index (χ0v) is 13.2. The number of hydrogen-bond donors (Lipinski definition) is 2. The highest BCUT2D eigenvalue weighted by molar-refractivity contribution is 6.09. The fourth-order valence-electron chi connectivity index (χ4n) is 2.54. The highest BCUT2D eigenvalue weighted by Gasteiger charge is 2.12. The van der Waals surface area contributed by atoms with Crippen LogP contribution in [-0.2, 0) is 0 Å². The third-order valence-electron chi connectivity index (χ3n) is 3.93. The van der Waals surface area contributed by atoms with Crippen LogP contribution in [0.4, 0.5) is 5.69 Å². The fraction of sp³-hybridized carbons (Fsp3) is 0.118. The van der Waals surface area contributed by atoms with E-state index >= 15 is 0 Å². The van der Waals surface area contributed by atoms with E-state index in [4.69, 9.17) is 0 Å². The summed E-state index contributed by atoms with van der Waals surface area (Å²) in [5, 5.41) is 13.5. The zero-order valence-electron chi connectivity index (χ0n) is 13.2. The second kappa shape index (κ2) is 5.38. The second-order valence-electron chi connectivity index (χ2n) is 5.55. The molecule has 24 heavy (non-hydrogen) atoms. The summed E-state index contributed by atoms with van der Waals surface area (Å²) in [6.07, 6.45) is 0. The first-order valence-electron chi connectivity index (χ1n) is 7.48. The van der Waals surface area contributed by atoms with Crippen molar-refractivity contribution < 1.29 is 4.79 Å². The molecular weight excluding hydrogens is 304 g/mol. The number of hydrogen-bond acceptors (Lipinski definition) is 5. The lowest BCUT2D eigenvalue weighted by molar-refractivity contribution is 0.102. The Bertz CT molecular complexity index is 1090. The summed E-state index contributed by atoms with van der Waals surface area (Å²) in [6.45, 7) is 3.82. The number of rotatable bonds is 2. The number of H-pyrrole nitrogens is 1. The lowest BCUT2D eigenvalue weighted by atomic mass is 10.1. The third kappa shape index (κ3) is 2.36. The van der Waals surface area contributed by atoms with Gasteiger partial charge in [-0.2, -0.15) is 15.4 Å². The van der Waals surface area contributed by atoms with Gasteiger partial charge in [0.15, 0.2) is 0 Å². The molecule has 4 aromatic rings. The average molecular weight is 318 g/mol. The normalized spacial score (nSPS) is 11.1. The number of aryl methyl sites for hydroxylation is 2. The molecular formula is C17H14N6O. The van der Waals surface area contributed by atoms with Crippen LogP contribution in [0.1, 0.15) is 21.7 Å². The number of amides is 1. The zero-order chi connectivity index (χ0) is 16.7. The molecule has 0 saturated carbocycles. The Kier molecular flexibility index (Phi) is 3.19. The first kappa shape index (κ1) is 14.3. The van der Waals surface area contributed by atoms with Crippen molar-refractivity contribution in [2.45, 2.75) is 13.8 Å². The van der Waals surface area contributed by atoms with Crippen LogP contribution in [0.2, 0.25) is 0 Å². The Balaban J connectivity index is 1.70. The number of anilines is 1. The summed E-state index contributed by atoms with van der Waals surface area (Å²) in [4.78, 5) is 21.5. The molecule has 1 amide bonds. The SMILES string of the molecule is Cc1nc2ccc(C(=O)Nc3cccc4n[nH]nc34)cc2nc1C. The van der Waals surface area contributed by atoms with Crippen molar-refractivity contribution >= 4 is 33.7 Å². The van der Waals surface area contributed by atoms with Crippen LogP contribution in [0.3, 0.4) is 0 Å². The number of nitrogens with one attached hydrogen (secondary N) is 2. The van der Waals surface area contributed by atoms with E-state index in [2.05, 4.69) is 30.7 Å². The van der Waals surface area contributed by atoms with Crippen molar-refractivity contribution in [1.29, 1.82) is 0 Å². The molecule has 0 radical (unpaired) electrons. The first-order valence-corrected chi connectivity index (χ1v) is 7.48. The summed E-state index contributed by atoms with van der Waals surface area (Å²) in [5.41, 5.74) is 5.66. The maximum atomic E-state index is 12.6. The summed E-state index contributed by atoms with van der Waals surface area (Å²) in [7, 11) is 0. The maximum absolute atomic E-state index is 12.6. The maximum Gasteiger partial charge on any atom is 0.255 e. The number of fused-ring (bicyclic) bond motifs is 2. The van der Waals surface area contributed by atoms with Gasteiger partial charge in [0.25, 0.3) is 5.91 Å². The molecule has 118 valence electrons. The van der Waals surface area contributed by atoms with Gasteiger partial charge in [0.2, 0.25) is 0 Å². The van der Waals surface area contributed by atoms with Crippen LogP contribution in [-0.4, -0.2) is 31.3 Å². The summed E-state index contributed by atoms with van der Waals surface area (Å²) < 4.78 is 0. The predicted octanol–water partition coefficient (Wildman–Crippen LogP) is 2.77. The molecule has 2 aromatic heterocycles. The van der Waals surface area contributed by atoms with Gasteiger partial charge in [0.05, 0.1) is 28.1 Å². The van der Waals surface area contributed by atoms with Crippen LogP contribution in [0.25, 0.3) is 22.1 Å². The minimum atomic E-state index is -0.229. The Hall–Kier alpha value is -3.35. The van der Waals surface area contributed by atoms with Gasteiger partial charge < -0.3 is 5.32 Å². The van der Waals surface area contributed by atoms with E-state index < -0.39 is 0 Å². The molecule has 4 rings (SSSR count). The van der Waals surface area contributed by atoms with Gasteiger partial charge in [-0.15, -0.1) is 0 Å². The number of benzene rings is 2. The average Bonchev–Trinajstić information content (AvgIpc) is 3.05. The molecule has 0 fully saturated rings. The highest BCUT2D eigenvalue weighted by Crippen LogP contribution is 2.20. The van der Waals surface area contributed by atoms with E-state index in [1.807, 2.05) is 26.0 Å². The predicted molar refractivity (Wildman–Crippen MR) is 90.9 cm³/mol. The molecule has 0 bridgehead atoms. The summed E-state index contributed by atoms with van der Waals surface area (Å²) in [5.74, 6) is -0.229. The van der Waals surface area contributed by atoms with E-state index in [9.17, 15) is 4.79 Å². The van der Waals surface area contributed by atoms with Crippen LogP contribution in [0, 0.1) is 13.8 Å². The Morgan fingerprint density at radius 3 is 2.58 bits per heavy atom. The third-order valence-corrected chi connectivity index (χ3v) is 3.93. The highest BCUT2D eigenvalue weighted by atomic mass is 16.1. The molecule has 2 heterocycles. The molecule has 7 nitrogen and oxygen atoms in total. The van der Waals surface area contributed by atoms with Gasteiger partial charge in [0, 0.05) is 5.56 Å². The molecule has 0 atom stereocenters. The number of para-hydroxylation sites is 1. The summed E-state index contributed by atoms with van der Waals surface area (Å²) >= 11 is 0. The van der Waals surface area contributed by atoms with E-state index in [1.54, 1.807) is 24.3 Å². The smallest absolute Gasteiger partial charge is 0.255 e.